The second kappa shape index (κ2) is 8.60. The molecule has 0 radical (unpaired) electrons. The van der Waals surface area contributed by atoms with Gasteiger partial charge in [0.1, 0.15) is 17.1 Å². The van der Waals surface area contributed by atoms with Gasteiger partial charge in [-0.25, -0.2) is 9.97 Å². The fourth-order valence-electron chi connectivity index (χ4n) is 2.57. The van der Waals surface area contributed by atoms with Gasteiger partial charge in [-0.15, -0.1) is 0 Å². The van der Waals surface area contributed by atoms with E-state index in [0.717, 1.165) is 23.5 Å². The van der Waals surface area contributed by atoms with Gasteiger partial charge >= 0.3 is 0 Å². The van der Waals surface area contributed by atoms with Crippen LogP contribution in [0.5, 0.6) is 5.88 Å². The normalized spacial score (nSPS) is 10.4. The number of anilines is 3. The topological polar surface area (TPSA) is 82.9 Å². The van der Waals surface area contributed by atoms with E-state index in [1.807, 2.05) is 30.3 Å². The zero-order valence-corrected chi connectivity index (χ0v) is 16.4. The van der Waals surface area contributed by atoms with E-state index in [1.165, 1.54) is 12.7 Å². The first-order valence-electron chi connectivity index (χ1n) is 8.65. The van der Waals surface area contributed by atoms with Crippen LogP contribution < -0.4 is 14.8 Å². The zero-order chi connectivity index (χ0) is 19.2. The third-order valence-electron chi connectivity index (χ3n) is 4.02. The molecule has 0 fully saturated rings. The third kappa shape index (κ3) is 4.23. The average Bonchev–Trinajstić information content (AvgIpc) is 2.69. The number of nitrogens with one attached hydrogen (secondary N) is 2. The molecule has 0 aliphatic heterocycles. The van der Waals surface area contributed by atoms with Gasteiger partial charge < -0.3 is 14.8 Å². The summed E-state index contributed by atoms with van der Waals surface area (Å²) in [6.45, 7) is 4.22. The standard InChI is InChI=1S/C20H21N5OS/c1-4-9-27-25-18-10-14(6-5-13(18)2)23-16-7-8-17-20(15(16)11-21)24-19(26-3)12-22-17/h5-8,10,12,23,25H,4,9H2,1-3H3. The number of aromatic nitrogens is 2. The van der Waals surface area contributed by atoms with E-state index in [4.69, 9.17) is 4.74 Å². The number of nitrogens with zero attached hydrogens (tertiary/aromatic N) is 3. The molecule has 0 amide bonds. The van der Waals surface area contributed by atoms with Gasteiger partial charge in [0.2, 0.25) is 5.88 Å². The van der Waals surface area contributed by atoms with Crippen molar-refractivity contribution < 1.29 is 4.74 Å². The number of hydrogen-bond acceptors (Lipinski definition) is 7. The van der Waals surface area contributed by atoms with E-state index in [-0.39, 0.29) is 0 Å². The van der Waals surface area contributed by atoms with Crippen molar-refractivity contribution in [3.8, 4) is 11.9 Å². The van der Waals surface area contributed by atoms with Gasteiger partial charge in [0.25, 0.3) is 0 Å². The predicted molar refractivity (Wildman–Crippen MR) is 112 cm³/mol. The van der Waals surface area contributed by atoms with Gasteiger partial charge in [-0.1, -0.05) is 24.9 Å². The molecule has 27 heavy (non-hydrogen) atoms. The largest absolute Gasteiger partial charge is 0.480 e. The second-order valence-electron chi connectivity index (χ2n) is 5.99. The maximum Gasteiger partial charge on any atom is 0.232 e. The van der Waals surface area contributed by atoms with Crippen LogP contribution in [0.4, 0.5) is 17.1 Å². The van der Waals surface area contributed by atoms with E-state index in [9.17, 15) is 5.26 Å². The molecule has 0 saturated carbocycles. The Kier molecular flexibility index (Phi) is 5.99. The lowest BCUT2D eigenvalue weighted by Gasteiger charge is -2.14. The van der Waals surface area contributed by atoms with Gasteiger partial charge in [-0.2, -0.15) is 5.26 Å². The lowest BCUT2D eigenvalue weighted by molar-refractivity contribution is 0.397. The molecule has 3 rings (SSSR count). The molecule has 7 heteroatoms. The Morgan fingerprint density at radius 2 is 2.07 bits per heavy atom. The van der Waals surface area contributed by atoms with Crippen LogP contribution in [0.25, 0.3) is 11.0 Å². The van der Waals surface area contributed by atoms with Crippen LogP contribution in [-0.2, 0) is 0 Å². The smallest absolute Gasteiger partial charge is 0.232 e. The summed E-state index contributed by atoms with van der Waals surface area (Å²) in [4.78, 5) is 8.68. The van der Waals surface area contributed by atoms with Gasteiger partial charge in [0.15, 0.2) is 0 Å². The first-order chi connectivity index (χ1) is 13.2. The minimum Gasteiger partial charge on any atom is -0.480 e. The molecule has 0 bridgehead atoms. The molecule has 0 atom stereocenters. The molecular weight excluding hydrogens is 358 g/mol. The van der Waals surface area contributed by atoms with Gasteiger partial charge in [0, 0.05) is 17.1 Å². The number of aryl methyl sites for hydroxylation is 1. The minimum atomic E-state index is 0.380. The highest BCUT2D eigenvalue weighted by Gasteiger charge is 2.12. The minimum absolute atomic E-state index is 0.380. The molecule has 0 aliphatic carbocycles. The summed E-state index contributed by atoms with van der Waals surface area (Å²) in [5, 5.41) is 13.0. The summed E-state index contributed by atoms with van der Waals surface area (Å²) in [5.41, 5.74) is 5.41. The van der Waals surface area contributed by atoms with Crippen molar-refractivity contribution in [2.45, 2.75) is 20.3 Å². The summed E-state index contributed by atoms with van der Waals surface area (Å²) < 4.78 is 8.53. The third-order valence-corrected chi connectivity index (χ3v) is 5.00. The summed E-state index contributed by atoms with van der Waals surface area (Å²) in [7, 11) is 1.53. The van der Waals surface area contributed by atoms with Gasteiger partial charge in [-0.05, 0) is 43.2 Å². The molecule has 3 aromatic rings. The highest BCUT2D eigenvalue weighted by Crippen LogP contribution is 2.30. The molecule has 6 nitrogen and oxygen atoms in total. The number of nitriles is 1. The average molecular weight is 379 g/mol. The fourth-order valence-corrected chi connectivity index (χ4v) is 3.25. The first-order valence-corrected chi connectivity index (χ1v) is 9.64. The molecule has 0 saturated heterocycles. The van der Waals surface area contributed by atoms with Crippen molar-refractivity contribution in [2.75, 3.05) is 22.9 Å². The predicted octanol–water partition coefficient (Wildman–Crippen LogP) is 5.03. The Morgan fingerprint density at radius 1 is 1.22 bits per heavy atom. The van der Waals surface area contributed by atoms with E-state index >= 15 is 0 Å². The lowest BCUT2D eigenvalue weighted by Crippen LogP contribution is -1.99. The maximum atomic E-state index is 9.69. The fraction of sp³-hybridized carbons (Fsp3) is 0.250. The van der Waals surface area contributed by atoms with Crippen molar-refractivity contribution in [1.29, 1.82) is 5.26 Å². The SMILES string of the molecule is CCCSNc1cc(Nc2ccc3ncc(OC)nc3c2C#N)ccc1C. The molecule has 0 unspecified atom stereocenters. The molecule has 2 N–H and O–H groups in total. The maximum absolute atomic E-state index is 9.69. The zero-order valence-electron chi connectivity index (χ0n) is 15.5. The summed E-state index contributed by atoms with van der Waals surface area (Å²) in [6, 6.07) is 12.0. The number of benzene rings is 2. The van der Waals surface area contributed by atoms with Crippen molar-refractivity contribution >= 4 is 40.0 Å². The lowest BCUT2D eigenvalue weighted by atomic mass is 10.1. The summed E-state index contributed by atoms with van der Waals surface area (Å²) in [6.07, 6.45) is 2.66. The second-order valence-corrected chi connectivity index (χ2v) is 6.89. The van der Waals surface area contributed by atoms with Crippen molar-refractivity contribution in [2.24, 2.45) is 0 Å². The highest BCUT2D eigenvalue weighted by atomic mass is 32.2. The van der Waals surface area contributed by atoms with Crippen LogP contribution in [-0.4, -0.2) is 22.8 Å². The molecule has 138 valence electrons. The Bertz CT molecular complexity index is 1000. The van der Waals surface area contributed by atoms with Crippen molar-refractivity contribution in [3.05, 3.63) is 47.7 Å². The summed E-state index contributed by atoms with van der Waals surface area (Å²) >= 11 is 1.69. The van der Waals surface area contributed by atoms with E-state index in [0.29, 0.717) is 28.2 Å². The van der Waals surface area contributed by atoms with E-state index < -0.39 is 0 Å². The van der Waals surface area contributed by atoms with Crippen LogP contribution in [0.15, 0.2) is 36.5 Å². The van der Waals surface area contributed by atoms with Gasteiger partial charge in [0.05, 0.1) is 24.5 Å². The number of fused-ring (bicyclic) bond motifs is 1. The molecular formula is C20H21N5OS. The van der Waals surface area contributed by atoms with Gasteiger partial charge in [-0.3, -0.25) is 0 Å². The van der Waals surface area contributed by atoms with E-state index in [1.54, 1.807) is 18.1 Å². The summed E-state index contributed by atoms with van der Waals surface area (Å²) in [5.74, 6) is 1.42. The number of methoxy groups -OCH3 is 1. The molecule has 2 aromatic carbocycles. The molecule has 1 aromatic heterocycles. The number of ether oxygens (including phenoxy) is 1. The molecule has 0 aliphatic rings. The van der Waals surface area contributed by atoms with Crippen molar-refractivity contribution in [1.82, 2.24) is 9.97 Å². The van der Waals surface area contributed by atoms with Crippen LogP contribution in [0, 0.1) is 18.3 Å². The Balaban J connectivity index is 1.94. The highest BCUT2D eigenvalue weighted by molar-refractivity contribution is 8.00. The van der Waals surface area contributed by atoms with E-state index in [2.05, 4.69) is 39.9 Å². The Hall–Kier alpha value is -2.98. The molecule has 0 spiro atoms. The first kappa shape index (κ1) is 18.8. The van der Waals surface area contributed by atoms with Crippen LogP contribution in [0.2, 0.25) is 0 Å². The van der Waals surface area contributed by atoms with Crippen LogP contribution in [0.1, 0.15) is 24.5 Å². The van der Waals surface area contributed by atoms with Crippen LogP contribution >= 0.6 is 11.9 Å². The monoisotopic (exact) mass is 379 g/mol. The Labute approximate surface area is 163 Å². The number of hydrogen-bond donors (Lipinski definition) is 2. The van der Waals surface area contributed by atoms with Crippen molar-refractivity contribution in [3.63, 3.8) is 0 Å². The molecule has 1 heterocycles. The Morgan fingerprint density at radius 3 is 2.81 bits per heavy atom. The quantitative estimate of drug-likeness (QED) is 0.440. The number of rotatable bonds is 7. The van der Waals surface area contributed by atoms with Crippen LogP contribution in [0.3, 0.4) is 0 Å².